The van der Waals surface area contributed by atoms with Crippen LogP contribution in [0.25, 0.3) is 0 Å². The van der Waals surface area contributed by atoms with Gasteiger partial charge in [0.25, 0.3) is 0 Å². The number of ether oxygens (including phenoxy) is 1. The molecule has 34 heavy (non-hydrogen) atoms. The van der Waals surface area contributed by atoms with Crippen LogP contribution in [0.4, 0.5) is 5.69 Å². The predicted molar refractivity (Wildman–Crippen MR) is 134 cm³/mol. The van der Waals surface area contributed by atoms with Crippen LogP contribution >= 0.6 is 15.9 Å². The number of halogens is 1. The Morgan fingerprint density at radius 3 is 1.91 bits per heavy atom. The highest BCUT2D eigenvalue weighted by molar-refractivity contribution is 9.10. The highest BCUT2D eigenvalue weighted by Crippen LogP contribution is 2.24. The molecule has 3 aromatic carbocycles. The summed E-state index contributed by atoms with van der Waals surface area (Å²) in [5.74, 6) is -0.661. The summed E-state index contributed by atoms with van der Waals surface area (Å²) in [7, 11) is -3.87. The molecule has 0 atom stereocenters. The highest BCUT2D eigenvalue weighted by atomic mass is 79.9. The summed E-state index contributed by atoms with van der Waals surface area (Å²) in [6.07, 6.45) is 0. The topological polar surface area (TPSA) is 92.8 Å². The van der Waals surface area contributed by atoms with Gasteiger partial charge >= 0.3 is 5.97 Å². The normalized spacial score (nSPS) is 11.3. The van der Waals surface area contributed by atoms with Crippen LogP contribution in [-0.4, -0.2) is 31.2 Å². The molecular formula is C25H25BrN2O5S. The number of carbonyl (C=O) groups is 2. The third kappa shape index (κ3) is 6.75. The lowest BCUT2D eigenvalue weighted by molar-refractivity contribution is -0.114. The van der Waals surface area contributed by atoms with Crippen LogP contribution in [0.15, 0.2) is 82.2 Å². The van der Waals surface area contributed by atoms with Crippen molar-refractivity contribution in [1.82, 2.24) is 4.31 Å². The van der Waals surface area contributed by atoms with E-state index in [2.05, 4.69) is 21.2 Å². The molecule has 0 aliphatic carbocycles. The maximum atomic E-state index is 13.6. The Morgan fingerprint density at radius 2 is 1.41 bits per heavy atom. The van der Waals surface area contributed by atoms with Crippen LogP contribution in [-0.2, 0) is 32.6 Å². The zero-order chi connectivity index (χ0) is 24.7. The predicted octanol–water partition coefficient (Wildman–Crippen LogP) is 4.98. The number of esters is 1. The Balaban J connectivity index is 1.90. The molecule has 3 rings (SSSR count). The molecule has 1 amide bonds. The van der Waals surface area contributed by atoms with Crippen molar-refractivity contribution in [3.05, 3.63) is 94.0 Å². The van der Waals surface area contributed by atoms with Gasteiger partial charge in [-0.2, -0.15) is 4.31 Å². The molecule has 0 saturated carbocycles. The van der Waals surface area contributed by atoms with Gasteiger partial charge in [0, 0.05) is 30.2 Å². The first-order valence-electron chi connectivity index (χ1n) is 10.6. The maximum absolute atomic E-state index is 13.6. The van der Waals surface area contributed by atoms with Crippen molar-refractivity contribution < 1.29 is 22.7 Å². The lowest BCUT2D eigenvalue weighted by Gasteiger charge is -2.23. The fourth-order valence-corrected chi connectivity index (χ4v) is 4.93. The van der Waals surface area contributed by atoms with E-state index in [0.29, 0.717) is 11.3 Å². The molecule has 7 nitrogen and oxygen atoms in total. The molecule has 0 spiro atoms. The van der Waals surface area contributed by atoms with E-state index in [9.17, 15) is 18.0 Å². The van der Waals surface area contributed by atoms with Crippen LogP contribution < -0.4 is 5.32 Å². The zero-order valence-corrected chi connectivity index (χ0v) is 21.2. The first kappa shape index (κ1) is 25.6. The molecule has 0 aliphatic heterocycles. The largest absolute Gasteiger partial charge is 0.462 e. The van der Waals surface area contributed by atoms with Crippen LogP contribution in [0.5, 0.6) is 0 Å². The lowest BCUT2D eigenvalue weighted by Crippen LogP contribution is -2.30. The van der Waals surface area contributed by atoms with E-state index in [4.69, 9.17) is 4.74 Å². The van der Waals surface area contributed by atoms with Gasteiger partial charge < -0.3 is 10.1 Å². The second-order valence-electron chi connectivity index (χ2n) is 7.52. The first-order chi connectivity index (χ1) is 16.2. The highest BCUT2D eigenvalue weighted by Gasteiger charge is 2.25. The van der Waals surface area contributed by atoms with Gasteiger partial charge in [-0.05, 0) is 66.6 Å². The van der Waals surface area contributed by atoms with Crippen LogP contribution in [0, 0.1) is 0 Å². The average molecular weight is 545 g/mol. The molecule has 0 radical (unpaired) electrons. The molecule has 0 heterocycles. The molecule has 1 N–H and O–H groups in total. The van der Waals surface area contributed by atoms with Crippen molar-refractivity contribution in [3.8, 4) is 0 Å². The van der Waals surface area contributed by atoms with E-state index >= 15 is 0 Å². The second-order valence-corrected chi connectivity index (χ2v) is 10.4. The number of sulfonamides is 1. The molecule has 0 unspecified atom stereocenters. The van der Waals surface area contributed by atoms with E-state index in [-0.39, 0.29) is 30.5 Å². The van der Waals surface area contributed by atoms with Gasteiger partial charge in [0.15, 0.2) is 0 Å². The first-order valence-corrected chi connectivity index (χ1v) is 12.8. The Morgan fingerprint density at radius 1 is 0.882 bits per heavy atom. The van der Waals surface area contributed by atoms with Crippen molar-refractivity contribution >= 4 is 43.5 Å². The molecule has 0 fully saturated rings. The van der Waals surface area contributed by atoms with Crippen LogP contribution in [0.3, 0.4) is 0 Å². The van der Waals surface area contributed by atoms with Gasteiger partial charge in [0.05, 0.1) is 17.1 Å². The molecule has 0 aromatic heterocycles. The molecule has 3 aromatic rings. The van der Waals surface area contributed by atoms with Gasteiger partial charge in [-0.25, -0.2) is 13.2 Å². The van der Waals surface area contributed by atoms with Crippen LogP contribution in [0.1, 0.15) is 35.3 Å². The molecule has 0 aliphatic rings. The lowest BCUT2D eigenvalue weighted by atomic mass is 10.1. The smallest absolute Gasteiger partial charge is 0.338 e. The standard InChI is InChI=1S/C25H25BrN2O5S/c1-3-33-25(30)21-8-4-19(5-9-21)16-28(17-20-6-10-22(26)11-7-20)34(31,32)24-14-12-23(13-15-24)27-18(2)29/h4-15H,3,16-17H2,1-2H3,(H,27,29). The number of nitrogens with one attached hydrogen (secondary N) is 1. The summed E-state index contributed by atoms with van der Waals surface area (Å²) in [4.78, 5) is 23.3. The minimum absolute atomic E-state index is 0.106. The summed E-state index contributed by atoms with van der Waals surface area (Å²) < 4.78 is 34.4. The van der Waals surface area contributed by atoms with Gasteiger partial charge in [-0.3, -0.25) is 4.79 Å². The SMILES string of the molecule is CCOC(=O)c1ccc(CN(Cc2ccc(Br)cc2)S(=O)(=O)c2ccc(NC(C)=O)cc2)cc1. The van der Waals surface area contributed by atoms with Crippen molar-refractivity contribution in [3.63, 3.8) is 0 Å². The summed E-state index contributed by atoms with van der Waals surface area (Å²) in [6.45, 7) is 3.66. The minimum atomic E-state index is -3.87. The van der Waals surface area contributed by atoms with Crippen molar-refractivity contribution in [2.45, 2.75) is 31.8 Å². The van der Waals surface area contributed by atoms with E-state index in [1.807, 2.05) is 24.3 Å². The summed E-state index contributed by atoms with van der Waals surface area (Å²) in [5.41, 5.74) is 2.47. The number of anilines is 1. The van der Waals surface area contributed by atoms with E-state index in [1.165, 1.54) is 23.4 Å². The number of nitrogens with zero attached hydrogens (tertiary/aromatic N) is 1. The third-order valence-corrected chi connectivity index (χ3v) is 7.24. The molecule has 9 heteroatoms. The van der Waals surface area contributed by atoms with E-state index < -0.39 is 16.0 Å². The van der Waals surface area contributed by atoms with Crippen LogP contribution in [0.2, 0.25) is 0 Å². The second kappa shape index (κ2) is 11.4. The Labute approximate surface area is 207 Å². The number of hydrogen-bond donors (Lipinski definition) is 1. The monoisotopic (exact) mass is 544 g/mol. The number of carbonyl (C=O) groups excluding carboxylic acids is 2. The Kier molecular flexibility index (Phi) is 8.60. The maximum Gasteiger partial charge on any atom is 0.338 e. The molecule has 178 valence electrons. The molecule has 0 saturated heterocycles. The van der Waals surface area contributed by atoms with Gasteiger partial charge in [-0.1, -0.05) is 40.2 Å². The fourth-order valence-electron chi connectivity index (χ4n) is 3.25. The van der Waals surface area contributed by atoms with Crippen molar-refractivity contribution in [2.75, 3.05) is 11.9 Å². The average Bonchev–Trinajstić information content (AvgIpc) is 2.80. The quantitative estimate of drug-likeness (QED) is 0.383. The van der Waals surface area contributed by atoms with E-state index in [1.54, 1.807) is 43.3 Å². The number of amides is 1. The minimum Gasteiger partial charge on any atom is -0.462 e. The molecule has 0 bridgehead atoms. The van der Waals surface area contributed by atoms with Crippen molar-refractivity contribution in [1.29, 1.82) is 0 Å². The zero-order valence-electron chi connectivity index (χ0n) is 18.8. The summed E-state index contributed by atoms with van der Waals surface area (Å²) in [6, 6.07) is 20.2. The third-order valence-electron chi connectivity index (χ3n) is 4.91. The Hall–Kier alpha value is -3.01. The number of rotatable bonds is 9. The van der Waals surface area contributed by atoms with Gasteiger partial charge in [0.1, 0.15) is 0 Å². The number of hydrogen-bond acceptors (Lipinski definition) is 5. The fraction of sp³-hybridized carbons (Fsp3) is 0.200. The van der Waals surface area contributed by atoms with Gasteiger partial charge in [0.2, 0.25) is 15.9 Å². The molecular weight excluding hydrogens is 520 g/mol. The van der Waals surface area contributed by atoms with E-state index in [0.717, 1.165) is 15.6 Å². The summed E-state index contributed by atoms with van der Waals surface area (Å²) >= 11 is 3.40. The Bertz CT molecular complexity index is 1240. The van der Waals surface area contributed by atoms with Gasteiger partial charge in [-0.15, -0.1) is 0 Å². The number of benzene rings is 3. The van der Waals surface area contributed by atoms with Crippen molar-refractivity contribution in [2.24, 2.45) is 0 Å². The summed E-state index contributed by atoms with van der Waals surface area (Å²) in [5, 5.41) is 2.63.